The van der Waals surface area contributed by atoms with E-state index in [1.807, 2.05) is 24.3 Å². The van der Waals surface area contributed by atoms with Gasteiger partial charge < -0.3 is 10.5 Å². The molecule has 1 aromatic carbocycles. The van der Waals surface area contributed by atoms with Gasteiger partial charge in [-0.25, -0.2) is 5.43 Å². The number of benzene rings is 1. The van der Waals surface area contributed by atoms with Gasteiger partial charge in [0.1, 0.15) is 6.23 Å². The highest BCUT2D eigenvalue weighted by Gasteiger charge is 2.13. The molecule has 11 heavy (non-hydrogen) atoms. The zero-order valence-corrected chi connectivity index (χ0v) is 6.04. The van der Waals surface area contributed by atoms with Crippen molar-refractivity contribution >= 4 is 5.69 Å². The number of rotatable bonds is 0. The van der Waals surface area contributed by atoms with Crippen LogP contribution in [0.15, 0.2) is 24.3 Å². The summed E-state index contributed by atoms with van der Waals surface area (Å²) in [6.07, 6.45) is 0.202. The average molecular weight is 150 g/mol. The van der Waals surface area contributed by atoms with Crippen LogP contribution < -0.4 is 10.9 Å². The molecule has 0 saturated carbocycles. The molecule has 58 valence electrons. The van der Waals surface area contributed by atoms with Crippen molar-refractivity contribution < 1.29 is 5.11 Å². The number of anilines is 1. The molecule has 3 N–H and O–H groups in total. The lowest BCUT2D eigenvalue weighted by Gasteiger charge is -2.23. The molecule has 1 unspecified atom stereocenters. The number of hydrogen-bond acceptors (Lipinski definition) is 3. The monoisotopic (exact) mass is 150 g/mol. The van der Waals surface area contributed by atoms with Gasteiger partial charge in [0.25, 0.3) is 0 Å². The van der Waals surface area contributed by atoms with Crippen LogP contribution in [0.25, 0.3) is 0 Å². The van der Waals surface area contributed by atoms with Crippen LogP contribution in [0, 0.1) is 0 Å². The maximum absolute atomic E-state index is 9.18. The molecule has 0 spiro atoms. The molecule has 0 aromatic heterocycles. The zero-order chi connectivity index (χ0) is 7.68. The van der Waals surface area contributed by atoms with Crippen molar-refractivity contribution in [2.24, 2.45) is 0 Å². The second kappa shape index (κ2) is 2.53. The lowest BCUT2D eigenvalue weighted by Crippen LogP contribution is -2.39. The Labute approximate surface area is 65.0 Å². The third-order valence-corrected chi connectivity index (χ3v) is 1.80. The van der Waals surface area contributed by atoms with Gasteiger partial charge in [0, 0.05) is 6.42 Å². The van der Waals surface area contributed by atoms with Crippen molar-refractivity contribution in [2.45, 2.75) is 12.6 Å². The summed E-state index contributed by atoms with van der Waals surface area (Å²) in [6, 6.07) is 7.92. The summed E-state index contributed by atoms with van der Waals surface area (Å²) in [6.45, 7) is 0. The largest absolute Gasteiger partial charge is 0.377 e. The zero-order valence-electron chi connectivity index (χ0n) is 6.04. The standard InChI is InChI=1S/C8H10N2O/c11-8-5-6-3-1-2-4-7(6)9-10-8/h1-4,8-11H,5H2. The van der Waals surface area contributed by atoms with E-state index < -0.39 is 6.23 Å². The summed E-state index contributed by atoms with van der Waals surface area (Å²) in [7, 11) is 0. The molecule has 1 aliphatic rings. The van der Waals surface area contributed by atoms with Crippen LogP contribution in [0.4, 0.5) is 5.69 Å². The second-order valence-electron chi connectivity index (χ2n) is 2.65. The molecule has 0 bridgehead atoms. The van der Waals surface area contributed by atoms with Crippen molar-refractivity contribution in [3.63, 3.8) is 0 Å². The fourth-order valence-electron chi connectivity index (χ4n) is 1.24. The van der Waals surface area contributed by atoms with Crippen LogP contribution in [-0.4, -0.2) is 11.3 Å². The SMILES string of the molecule is OC1Cc2ccccc2NN1. The van der Waals surface area contributed by atoms with Gasteiger partial charge in [-0.3, -0.25) is 0 Å². The Balaban J connectivity index is 2.34. The molecule has 0 fully saturated rings. The van der Waals surface area contributed by atoms with Crippen molar-refractivity contribution in [3.05, 3.63) is 29.8 Å². The fourth-order valence-corrected chi connectivity index (χ4v) is 1.24. The molecule has 0 radical (unpaired) electrons. The molecule has 1 atom stereocenters. The van der Waals surface area contributed by atoms with Gasteiger partial charge in [-0.15, -0.1) is 0 Å². The topological polar surface area (TPSA) is 44.3 Å². The van der Waals surface area contributed by atoms with Gasteiger partial charge in [-0.2, -0.15) is 0 Å². The Morgan fingerprint density at radius 3 is 3.09 bits per heavy atom. The first kappa shape index (κ1) is 6.64. The van der Waals surface area contributed by atoms with E-state index in [0.717, 1.165) is 11.3 Å². The lowest BCUT2D eigenvalue weighted by atomic mass is 10.1. The molecule has 1 aromatic rings. The summed E-state index contributed by atoms with van der Waals surface area (Å²) in [4.78, 5) is 0. The average Bonchev–Trinajstić information content (AvgIpc) is 2.04. The van der Waals surface area contributed by atoms with Crippen LogP contribution in [0.2, 0.25) is 0 Å². The van der Waals surface area contributed by atoms with E-state index >= 15 is 0 Å². The highest BCUT2D eigenvalue weighted by Crippen LogP contribution is 2.18. The van der Waals surface area contributed by atoms with E-state index in [0.29, 0.717) is 6.42 Å². The molecule has 1 aliphatic heterocycles. The number of hydrazine groups is 1. The van der Waals surface area contributed by atoms with Crippen LogP contribution >= 0.6 is 0 Å². The number of aliphatic hydroxyl groups is 1. The summed E-state index contributed by atoms with van der Waals surface area (Å²) in [5.74, 6) is 0. The van der Waals surface area contributed by atoms with Crippen molar-refractivity contribution in [1.82, 2.24) is 5.43 Å². The molecule has 2 rings (SSSR count). The molecule has 3 heteroatoms. The third-order valence-electron chi connectivity index (χ3n) is 1.80. The number of nitrogens with one attached hydrogen (secondary N) is 2. The van der Waals surface area contributed by atoms with Crippen LogP contribution in [0.5, 0.6) is 0 Å². The highest BCUT2D eigenvalue weighted by atomic mass is 16.3. The molecule has 0 saturated heterocycles. The smallest absolute Gasteiger partial charge is 0.125 e. The predicted octanol–water partition coefficient (Wildman–Crippen LogP) is 0.478. The van der Waals surface area contributed by atoms with E-state index in [1.54, 1.807) is 0 Å². The normalized spacial score (nSPS) is 22.1. The van der Waals surface area contributed by atoms with E-state index in [2.05, 4.69) is 10.9 Å². The van der Waals surface area contributed by atoms with Gasteiger partial charge in [0.05, 0.1) is 5.69 Å². The predicted molar refractivity (Wildman–Crippen MR) is 42.9 cm³/mol. The number of para-hydroxylation sites is 1. The highest BCUT2D eigenvalue weighted by molar-refractivity contribution is 5.51. The maximum atomic E-state index is 9.18. The molecule has 3 nitrogen and oxygen atoms in total. The fraction of sp³-hybridized carbons (Fsp3) is 0.250. The van der Waals surface area contributed by atoms with E-state index in [9.17, 15) is 5.11 Å². The maximum Gasteiger partial charge on any atom is 0.125 e. The third kappa shape index (κ3) is 1.20. The Morgan fingerprint density at radius 2 is 2.18 bits per heavy atom. The minimum Gasteiger partial charge on any atom is -0.377 e. The van der Waals surface area contributed by atoms with E-state index in [1.165, 1.54) is 0 Å². The summed E-state index contributed by atoms with van der Waals surface area (Å²) in [5, 5.41) is 9.18. The molecular formula is C8H10N2O. The lowest BCUT2D eigenvalue weighted by molar-refractivity contribution is 0.142. The van der Waals surface area contributed by atoms with Gasteiger partial charge >= 0.3 is 0 Å². The van der Waals surface area contributed by atoms with Gasteiger partial charge in [-0.05, 0) is 11.6 Å². The molecular weight excluding hydrogens is 140 g/mol. The first-order chi connectivity index (χ1) is 5.36. The van der Waals surface area contributed by atoms with Crippen LogP contribution in [-0.2, 0) is 6.42 Å². The van der Waals surface area contributed by atoms with Crippen LogP contribution in [0.1, 0.15) is 5.56 Å². The minimum absolute atomic E-state index is 0.468. The van der Waals surface area contributed by atoms with Crippen molar-refractivity contribution in [3.8, 4) is 0 Å². The number of hydrogen-bond donors (Lipinski definition) is 3. The molecule has 1 heterocycles. The first-order valence-corrected chi connectivity index (χ1v) is 3.64. The summed E-state index contributed by atoms with van der Waals surface area (Å²) < 4.78 is 0. The van der Waals surface area contributed by atoms with E-state index in [4.69, 9.17) is 0 Å². The molecule has 0 amide bonds. The van der Waals surface area contributed by atoms with Crippen molar-refractivity contribution in [1.29, 1.82) is 0 Å². The summed E-state index contributed by atoms with van der Waals surface area (Å²) >= 11 is 0. The number of fused-ring (bicyclic) bond motifs is 1. The second-order valence-corrected chi connectivity index (χ2v) is 2.65. The van der Waals surface area contributed by atoms with Gasteiger partial charge in [0.15, 0.2) is 0 Å². The Morgan fingerprint density at radius 1 is 1.36 bits per heavy atom. The molecule has 0 aliphatic carbocycles. The van der Waals surface area contributed by atoms with E-state index in [-0.39, 0.29) is 0 Å². The Kier molecular flexibility index (Phi) is 1.52. The van der Waals surface area contributed by atoms with Gasteiger partial charge in [-0.1, -0.05) is 18.2 Å². The van der Waals surface area contributed by atoms with Crippen LogP contribution in [0.3, 0.4) is 0 Å². The quantitative estimate of drug-likeness (QED) is 0.504. The first-order valence-electron chi connectivity index (χ1n) is 3.64. The minimum atomic E-state index is -0.468. The van der Waals surface area contributed by atoms with Gasteiger partial charge in [0.2, 0.25) is 0 Å². The van der Waals surface area contributed by atoms with Crippen molar-refractivity contribution in [2.75, 3.05) is 5.43 Å². The Hall–Kier alpha value is -1.06. The summed E-state index contributed by atoms with van der Waals surface area (Å²) in [5.41, 5.74) is 7.86. The number of aliphatic hydroxyl groups excluding tert-OH is 1. The Bertz CT molecular complexity index is 262.